The number of rotatable bonds is 6. The van der Waals surface area contributed by atoms with Crippen molar-refractivity contribution in [1.82, 2.24) is 24.4 Å². The molecule has 0 radical (unpaired) electrons. The van der Waals surface area contributed by atoms with E-state index in [0.717, 1.165) is 12.1 Å². The van der Waals surface area contributed by atoms with Gasteiger partial charge >= 0.3 is 5.69 Å². The number of halogens is 2. The Morgan fingerprint density at radius 3 is 2.88 bits per heavy atom. The highest BCUT2D eigenvalue weighted by molar-refractivity contribution is 6.33. The van der Waals surface area contributed by atoms with Gasteiger partial charge < -0.3 is 15.2 Å². The predicted molar refractivity (Wildman–Crippen MR) is 101 cm³/mol. The van der Waals surface area contributed by atoms with Crippen molar-refractivity contribution in [3.8, 4) is 0 Å². The van der Waals surface area contributed by atoms with Gasteiger partial charge in [0.25, 0.3) is 0 Å². The second-order valence-corrected chi connectivity index (χ2v) is 6.76. The van der Waals surface area contributed by atoms with Crippen molar-refractivity contribution < 1.29 is 0 Å². The quantitative estimate of drug-likeness (QED) is 0.686. The van der Waals surface area contributed by atoms with Gasteiger partial charge in [0.05, 0.1) is 12.7 Å². The van der Waals surface area contributed by atoms with Gasteiger partial charge in [0.1, 0.15) is 5.52 Å². The smallest absolute Gasteiger partial charge is 0.328 e. The largest absolute Gasteiger partial charge is 0.353 e. The summed E-state index contributed by atoms with van der Waals surface area (Å²) in [4.78, 5) is 25.8. The molecule has 0 aliphatic rings. The van der Waals surface area contributed by atoms with Crippen molar-refractivity contribution in [2.75, 3.05) is 32.5 Å². The Hall–Kier alpha value is -2.09. The molecule has 0 unspecified atom stereocenters. The Bertz CT molecular complexity index is 949. The molecule has 3 aromatic rings. The van der Waals surface area contributed by atoms with Crippen LogP contribution in [-0.4, -0.2) is 51.6 Å². The molecule has 0 saturated carbocycles. The highest BCUT2D eigenvalue weighted by Gasteiger charge is 2.12. The number of hydrogen-bond donors (Lipinski definition) is 2. The van der Waals surface area contributed by atoms with E-state index < -0.39 is 0 Å². The molecule has 0 aliphatic carbocycles. The fraction of sp³-hybridized carbons (Fsp3) is 0.312. The average Bonchev–Trinajstić information content (AvgIpc) is 2.86. The lowest BCUT2D eigenvalue weighted by atomic mass is 10.2. The van der Waals surface area contributed by atoms with Crippen LogP contribution in [0.1, 0.15) is 5.56 Å². The van der Waals surface area contributed by atoms with Crippen LogP contribution in [0.3, 0.4) is 0 Å². The van der Waals surface area contributed by atoms with Crippen molar-refractivity contribution in [1.29, 1.82) is 0 Å². The number of benzene rings is 1. The summed E-state index contributed by atoms with van der Waals surface area (Å²) in [6, 6.07) is 5.16. The van der Waals surface area contributed by atoms with E-state index in [1.165, 1.54) is 4.57 Å². The zero-order chi connectivity index (χ0) is 18.0. The minimum Gasteiger partial charge on any atom is -0.353 e. The van der Waals surface area contributed by atoms with Gasteiger partial charge in [-0.1, -0.05) is 23.2 Å². The van der Waals surface area contributed by atoms with E-state index >= 15 is 0 Å². The van der Waals surface area contributed by atoms with Crippen molar-refractivity contribution in [3.63, 3.8) is 0 Å². The van der Waals surface area contributed by atoms with Crippen LogP contribution in [0.25, 0.3) is 11.2 Å². The number of hydrogen-bond acceptors (Lipinski definition) is 5. The average molecular weight is 381 g/mol. The predicted octanol–water partition coefficient (Wildman–Crippen LogP) is 2.45. The van der Waals surface area contributed by atoms with Gasteiger partial charge in [0.15, 0.2) is 5.65 Å². The SMILES string of the molecule is CN(C)CCNc1ncc2[nH]c(=O)n(Cc3cc(Cl)ccc3Cl)c2n1. The third-order valence-corrected chi connectivity index (χ3v) is 4.29. The Morgan fingerprint density at radius 1 is 1.32 bits per heavy atom. The first kappa shape index (κ1) is 17.7. The summed E-state index contributed by atoms with van der Waals surface area (Å²) in [5.41, 5.74) is 1.56. The van der Waals surface area contributed by atoms with E-state index in [0.29, 0.717) is 33.7 Å². The number of nitrogens with one attached hydrogen (secondary N) is 2. The molecule has 25 heavy (non-hydrogen) atoms. The Morgan fingerprint density at radius 2 is 2.12 bits per heavy atom. The number of anilines is 1. The second kappa shape index (κ2) is 7.43. The molecule has 0 aliphatic heterocycles. The van der Waals surface area contributed by atoms with Crippen LogP contribution in [0.15, 0.2) is 29.2 Å². The summed E-state index contributed by atoms with van der Waals surface area (Å²) < 4.78 is 1.52. The Labute approximate surface area is 154 Å². The molecule has 0 spiro atoms. The lowest BCUT2D eigenvalue weighted by molar-refractivity contribution is 0.425. The number of nitrogens with zero attached hydrogens (tertiary/aromatic N) is 4. The molecule has 0 bridgehead atoms. The number of fused-ring (bicyclic) bond motifs is 1. The normalized spacial score (nSPS) is 11.4. The molecule has 9 heteroatoms. The monoisotopic (exact) mass is 380 g/mol. The van der Waals surface area contributed by atoms with Crippen molar-refractivity contribution >= 4 is 40.3 Å². The summed E-state index contributed by atoms with van der Waals surface area (Å²) >= 11 is 12.2. The van der Waals surface area contributed by atoms with Crippen LogP contribution in [0, 0.1) is 0 Å². The first-order chi connectivity index (χ1) is 11.9. The molecule has 1 aromatic carbocycles. The standard InChI is InChI=1S/C16H18Cl2N6O/c1-23(2)6-5-19-15-20-8-13-14(22-15)24(16(25)21-13)9-10-7-11(17)3-4-12(10)18/h3-4,7-8H,5-6,9H2,1-2H3,(H,21,25)(H,19,20,22). The zero-order valence-electron chi connectivity index (χ0n) is 13.9. The first-order valence-corrected chi connectivity index (χ1v) is 8.47. The molecular weight excluding hydrogens is 363 g/mol. The minimum atomic E-state index is -0.272. The molecule has 2 aromatic heterocycles. The molecule has 3 rings (SSSR count). The topological polar surface area (TPSA) is 78.8 Å². The second-order valence-electron chi connectivity index (χ2n) is 5.91. The zero-order valence-corrected chi connectivity index (χ0v) is 15.4. The number of aromatic amines is 1. The fourth-order valence-electron chi connectivity index (χ4n) is 2.40. The van der Waals surface area contributed by atoms with Crippen LogP contribution in [0.5, 0.6) is 0 Å². The van der Waals surface area contributed by atoms with Crippen molar-refractivity contribution in [3.05, 3.63) is 50.5 Å². The summed E-state index contributed by atoms with van der Waals surface area (Å²) in [5, 5.41) is 4.26. The van der Waals surface area contributed by atoms with Gasteiger partial charge in [-0.15, -0.1) is 0 Å². The molecule has 132 valence electrons. The summed E-state index contributed by atoms with van der Waals surface area (Å²) in [7, 11) is 3.98. The number of aromatic nitrogens is 4. The maximum absolute atomic E-state index is 12.3. The third-order valence-electron chi connectivity index (χ3n) is 3.69. The molecule has 7 nitrogen and oxygen atoms in total. The fourth-order valence-corrected chi connectivity index (χ4v) is 2.78. The van der Waals surface area contributed by atoms with Gasteiger partial charge in [-0.2, -0.15) is 4.98 Å². The number of likely N-dealkylation sites (N-methyl/N-ethyl adjacent to an activating group) is 1. The maximum atomic E-state index is 12.3. The summed E-state index contributed by atoms with van der Waals surface area (Å²) in [6.45, 7) is 1.82. The summed E-state index contributed by atoms with van der Waals surface area (Å²) in [5.74, 6) is 0.472. The molecular formula is C16H18Cl2N6O. The van der Waals surface area contributed by atoms with Crippen LogP contribution >= 0.6 is 23.2 Å². The Kier molecular flexibility index (Phi) is 5.27. The molecule has 2 N–H and O–H groups in total. The third kappa shape index (κ3) is 4.12. The van der Waals surface area contributed by atoms with Crippen molar-refractivity contribution in [2.24, 2.45) is 0 Å². The lowest BCUT2D eigenvalue weighted by Crippen LogP contribution is -2.21. The number of imidazole rings is 1. The first-order valence-electron chi connectivity index (χ1n) is 7.72. The lowest BCUT2D eigenvalue weighted by Gasteiger charge is -2.10. The van der Waals surface area contributed by atoms with Gasteiger partial charge in [-0.25, -0.2) is 9.78 Å². The Balaban J connectivity index is 1.92. The van der Waals surface area contributed by atoms with Crippen LogP contribution in [-0.2, 0) is 6.54 Å². The molecule has 2 heterocycles. The highest BCUT2D eigenvalue weighted by Crippen LogP contribution is 2.22. The van der Waals surface area contributed by atoms with Crippen LogP contribution in [0.2, 0.25) is 10.0 Å². The van der Waals surface area contributed by atoms with Crippen LogP contribution < -0.4 is 11.0 Å². The molecule has 0 amide bonds. The van der Waals surface area contributed by atoms with Crippen LogP contribution in [0.4, 0.5) is 5.95 Å². The van der Waals surface area contributed by atoms with Gasteiger partial charge in [0.2, 0.25) is 5.95 Å². The van der Waals surface area contributed by atoms with Gasteiger partial charge in [0, 0.05) is 23.1 Å². The molecule has 0 fully saturated rings. The number of H-pyrrole nitrogens is 1. The highest BCUT2D eigenvalue weighted by atomic mass is 35.5. The van der Waals surface area contributed by atoms with E-state index in [4.69, 9.17) is 23.2 Å². The molecule has 0 saturated heterocycles. The van der Waals surface area contributed by atoms with E-state index in [9.17, 15) is 4.79 Å². The van der Waals surface area contributed by atoms with E-state index in [-0.39, 0.29) is 12.2 Å². The van der Waals surface area contributed by atoms with E-state index in [1.807, 2.05) is 14.1 Å². The minimum absolute atomic E-state index is 0.270. The summed E-state index contributed by atoms with van der Waals surface area (Å²) in [6.07, 6.45) is 1.60. The van der Waals surface area contributed by atoms with E-state index in [2.05, 4.69) is 25.2 Å². The van der Waals surface area contributed by atoms with Crippen molar-refractivity contribution in [2.45, 2.75) is 6.54 Å². The van der Waals surface area contributed by atoms with Gasteiger partial charge in [-0.05, 0) is 37.9 Å². The van der Waals surface area contributed by atoms with Gasteiger partial charge in [-0.3, -0.25) is 4.57 Å². The maximum Gasteiger partial charge on any atom is 0.328 e. The van der Waals surface area contributed by atoms with E-state index in [1.54, 1.807) is 24.4 Å². The molecule has 0 atom stereocenters.